The van der Waals surface area contributed by atoms with Crippen LogP contribution in [0.1, 0.15) is 55.2 Å². The Morgan fingerprint density at radius 3 is 2.50 bits per heavy atom. The molecule has 7 heteroatoms. The zero-order valence-corrected chi connectivity index (χ0v) is 21.7. The van der Waals surface area contributed by atoms with E-state index in [-0.39, 0.29) is 29.8 Å². The number of para-hydroxylation sites is 1. The minimum Gasteiger partial charge on any atom is -0.396 e. The molecule has 2 aromatic carbocycles. The molecule has 0 radical (unpaired) electrons. The summed E-state index contributed by atoms with van der Waals surface area (Å²) in [5.74, 6) is -0.0947. The summed E-state index contributed by atoms with van der Waals surface area (Å²) in [5, 5.41) is 28.8. The fourth-order valence-corrected chi connectivity index (χ4v) is 7.48. The first kappa shape index (κ1) is 24.9. The molecule has 36 heavy (non-hydrogen) atoms. The van der Waals surface area contributed by atoms with Gasteiger partial charge in [0.05, 0.1) is 18.4 Å². The van der Waals surface area contributed by atoms with Crippen LogP contribution in [0.25, 0.3) is 0 Å². The van der Waals surface area contributed by atoms with Gasteiger partial charge in [-0.15, -0.1) is 11.3 Å². The Morgan fingerprint density at radius 2 is 1.81 bits per heavy atom. The van der Waals surface area contributed by atoms with Crippen molar-refractivity contribution in [1.29, 1.82) is 0 Å². The van der Waals surface area contributed by atoms with Crippen LogP contribution in [0.3, 0.4) is 0 Å². The zero-order chi connectivity index (χ0) is 25.3. The molecule has 1 fully saturated rings. The summed E-state index contributed by atoms with van der Waals surface area (Å²) in [5.41, 5.74) is 2.07. The number of carbonyl (C=O) groups excluding carboxylic acids is 1. The highest BCUT2D eigenvalue weighted by Crippen LogP contribution is 2.62. The van der Waals surface area contributed by atoms with Gasteiger partial charge in [-0.2, -0.15) is 0 Å². The number of nitrogens with zero attached hydrogens (tertiary/aromatic N) is 1. The van der Waals surface area contributed by atoms with Crippen LogP contribution in [0.4, 0.5) is 10.8 Å². The number of rotatable bonds is 7. The number of benzene rings is 2. The summed E-state index contributed by atoms with van der Waals surface area (Å²) in [6, 6.07) is 19.8. The van der Waals surface area contributed by atoms with Crippen molar-refractivity contribution in [2.75, 3.05) is 17.2 Å². The van der Waals surface area contributed by atoms with E-state index in [0.29, 0.717) is 19.4 Å². The standard InChI is InChI=1S/C29H35N3O3S/c1-28-14-13-24(34)29(2,18-33)23(28)16-22-26(21(28)15-25(35)31-20-11-7-4-8-12-20)32-27(36-22)30-17-19-9-5-3-6-10-19/h3-12,21,23-24,33-34H,13-18H2,1-2H3,(H,30,32)(H,31,35)/t21-,23+,24-,28+,29+/m1/s1. The van der Waals surface area contributed by atoms with Gasteiger partial charge in [-0.1, -0.05) is 62.4 Å². The lowest BCUT2D eigenvalue weighted by Gasteiger charge is -2.58. The van der Waals surface area contributed by atoms with E-state index >= 15 is 0 Å². The first-order valence-electron chi connectivity index (χ1n) is 12.7. The Kier molecular flexibility index (Phi) is 6.90. The number of fused-ring (bicyclic) bond motifs is 2. The van der Waals surface area contributed by atoms with Gasteiger partial charge in [0, 0.05) is 34.9 Å². The van der Waals surface area contributed by atoms with Gasteiger partial charge in [0.2, 0.25) is 5.91 Å². The molecule has 2 aliphatic rings. The summed E-state index contributed by atoms with van der Waals surface area (Å²) in [6.07, 6.45) is 1.90. The highest BCUT2D eigenvalue weighted by Gasteiger charge is 2.59. The van der Waals surface area contributed by atoms with Gasteiger partial charge in [0.1, 0.15) is 0 Å². The van der Waals surface area contributed by atoms with Crippen molar-refractivity contribution in [3.63, 3.8) is 0 Å². The topological polar surface area (TPSA) is 94.5 Å². The zero-order valence-electron chi connectivity index (χ0n) is 20.9. The second-order valence-corrected chi connectivity index (χ2v) is 11.9. The maximum absolute atomic E-state index is 13.3. The van der Waals surface area contributed by atoms with E-state index in [2.05, 4.69) is 29.7 Å². The van der Waals surface area contributed by atoms with E-state index < -0.39 is 11.5 Å². The van der Waals surface area contributed by atoms with Crippen molar-refractivity contribution in [3.05, 3.63) is 76.8 Å². The quantitative estimate of drug-likeness (QED) is 0.354. The summed E-state index contributed by atoms with van der Waals surface area (Å²) < 4.78 is 0. The van der Waals surface area contributed by atoms with Crippen LogP contribution in [0.5, 0.6) is 0 Å². The number of nitrogens with one attached hydrogen (secondary N) is 2. The number of amides is 1. The molecule has 1 aromatic heterocycles. The van der Waals surface area contributed by atoms with E-state index in [1.165, 1.54) is 5.56 Å². The van der Waals surface area contributed by atoms with E-state index in [4.69, 9.17) is 4.98 Å². The molecule has 2 aliphatic carbocycles. The van der Waals surface area contributed by atoms with Gasteiger partial charge < -0.3 is 20.8 Å². The monoisotopic (exact) mass is 505 g/mol. The molecule has 1 amide bonds. The van der Waals surface area contributed by atoms with Crippen molar-refractivity contribution in [3.8, 4) is 0 Å². The molecule has 1 saturated carbocycles. The Hall–Kier alpha value is -2.74. The lowest BCUT2D eigenvalue weighted by molar-refractivity contribution is -0.143. The van der Waals surface area contributed by atoms with Crippen LogP contribution in [-0.4, -0.2) is 33.8 Å². The normalized spacial score (nSPS) is 29.2. The molecule has 4 N–H and O–H groups in total. The predicted octanol–water partition coefficient (Wildman–Crippen LogP) is 5.20. The molecule has 0 spiro atoms. The highest BCUT2D eigenvalue weighted by molar-refractivity contribution is 7.15. The first-order chi connectivity index (χ1) is 17.3. The summed E-state index contributed by atoms with van der Waals surface area (Å²) in [6.45, 7) is 4.84. The van der Waals surface area contributed by atoms with Gasteiger partial charge in [-0.3, -0.25) is 4.79 Å². The maximum atomic E-state index is 13.3. The van der Waals surface area contributed by atoms with Crippen molar-refractivity contribution >= 4 is 28.1 Å². The molecule has 3 aromatic rings. The number of carbonyl (C=O) groups is 1. The Balaban J connectivity index is 1.47. The van der Waals surface area contributed by atoms with Crippen LogP contribution >= 0.6 is 11.3 Å². The van der Waals surface area contributed by atoms with Crippen LogP contribution in [0, 0.1) is 16.7 Å². The third-order valence-electron chi connectivity index (χ3n) is 8.63. The summed E-state index contributed by atoms with van der Waals surface area (Å²) in [4.78, 5) is 19.5. The smallest absolute Gasteiger partial charge is 0.225 e. The van der Waals surface area contributed by atoms with Gasteiger partial charge in [0.25, 0.3) is 0 Å². The van der Waals surface area contributed by atoms with E-state index in [1.807, 2.05) is 55.5 Å². The van der Waals surface area contributed by atoms with Crippen LogP contribution < -0.4 is 10.6 Å². The second kappa shape index (κ2) is 9.96. The van der Waals surface area contributed by atoms with Crippen LogP contribution in [0.15, 0.2) is 60.7 Å². The van der Waals surface area contributed by atoms with Crippen molar-refractivity contribution in [2.45, 2.75) is 58.1 Å². The van der Waals surface area contributed by atoms with E-state index in [0.717, 1.165) is 34.2 Å². The molecule has 0 aliphatic heterocycles. The van der Waals surface area contributed by atoms with Crippen molar-refractivity contribution in [2.24, 2.45) is 16.7 Å². The van der Waals surface area contributed by atoms with Crippen LogP contribution in [0.2, 0.25) is 0 Å². The number of hydrogen-bond donors (Lipinski definition) is 4. The SMILES string of the molecule is C[C@]1(CO)[C@H]2Cc3sc(NCc4ccccc4)nc3[C@@H](CC(=O)Nc3ccccc3)[C@]2(C)CC[C@H]1O. The van der Waals surface area contributed by atoms with E-state index in [9.17, 15) is 15.0 Å². The fraction of sp³-hybridized carbons (Fsp3) is 0.448. The van der Waals surface area contributed by atoms with Crippen molar-refractivity contribution in [1.82, 2.24) is 4.98 Å². The number of aromatic nitrogens is 1. The first-order valence-corrected chi connectivity index (χ1v) is 13.6. The minimum atomic E-state index is -0.625. The third kappa shape index (κ3) is 4.56. The molecule has 0 unspecified atom stereocenters. The summed E-state index contributed by atoms with van der Waals surface area (Å²) in [7, 11) is 0. The third-order valence-corrected chi connectivity index (χ3v) is 9.68. The number of anilines is 2. The molecule has 5 atom stereocenters. The van der Waals surface area contributed by atoms with Crippen LogP contribution in [-0.2, 0) is 17.8 Å². The summed E-state index contributed by atoms with van der Waals surface area (Å²) >= 11 is 1.64. The van der Waals surface area contributed by atoms with Gasteiger partial charge in [0.15, 0.2) is 5.13 Å². The molecule has 6 nitrogen and oxygen atoms in total. The molecular formula is C29H35N3O3S. The fourth-order valence-electron chi connectivity index (χ4n) is 6.41. The minimum absolute atomic E-state index is 0.0392. The number of thiazole rings is 1. The molecule has 190 valence electrons. The van der Waals surface area contributed by atoms with Gasteiger partial charge >= 0.3 is 0 Å². The lowest BCUT2D eigenvalue weighted by Crippen LogP contribution is -2.57. The number of aliphatic hydroxyl groups excluding tert-OH is 2. The number of aliphatic hydroxyl groups is 2. The van der Waals surface area contributed by atoms with Gasteiger partial charge in [-0.05, 0) is 48.3 Å². The van der Waals surface area contributed by atoms with Crippen molar-refractivity contribution < 1.29 is 15.0 Å². The van der Waals surface area contributed by atoms with E-state index in [1.54, 1.807) is 11.3 Å². The molecule has 0 saturated heterocycles. The maximum Gasteiger partial charge on any atom is 0.225 e. The Labute approximate surface area is 216 Å². The predicted molar refractivity (Wildman–Crippen MR) is 144 cm³/mol. The number of hydrogen-bond acceptors (Lipinski definition) is 6. The van der Waals surface area contributed by atoms with Gasteiger partial charge in [-0.25, -0.2) is 4.98 Å². The molecule has 0 bridgehead atoms. The average Bonchev–Trinajstić information content (AvgIpc) is 3.30. The second-order valence-electron chi connectivity index (χ2n) is 10.8. The highest BCUT2D eigenvalue weighted by atomic mass is 32.1. The molecule has 5 rings (SSSR count). The largest absolute Gasteiger partial charge is 0.396 e. The molecular weight excluding hydrogens is 470 g/mol. The average molecular weight is 506 g/mol. The lowest BCUT2D eigenvalue weighted by atomic mass is 9.47. The molecule has 1 heterocycles. The Morgan fingerprint density at radius 1 is 1.11 bits per heavy atom. The Bertz CT molecular complexity index is 1200.